The van der Waals surface area contributed by atoms with Crippen molar-refractivity contribution in [2.45, 2.75) is 0 Å². The van der Waals surface area contributed by atoms with Crippen LogP contribution in [0.4, 0.5) is 0 Å². The first-order chi connectivity index (χ1) is 2.81. The minimum Gasteiger partial charge on any atom is -0.373 e. The van der Waals surface area contributed by atoms with E-state index in [-0.39, 0.29) is 0 Å². The summed E-state index contributed by atoms with van der Waals surface area (Å²) in [5.41, 5.74) is 0. The minimum atomic E-state index is 0.707. The third kappa shape index (κ3) is 2.81. The normalized spacial score (nSPS) is 7.67. The summed E-state index contributed by atoms with van der Waals surface area (Å²) in [6, 6.07) is 0. The van der Waals surface area contributed by atoms with Gasteiger partial charge in [0, 0.05) is 7.05 Å². The molecule has 6 heavy (non-hydrogen) atoms. The summed E-state index contributed by atoms with van der Waals surface area (Å²) in [5, 5.41) is 2.73. The SMILES string of the molecule is CNC(=S)SS. The van der Waals surface area contributed by atoms with Crippen molar-refractivity contribution in [3.63, 3.8) is 0 Å². The average Bonchev–Trinajstić information content (AvgIpc) is 1.65. The van der Waals surface area contributed by atoms with E-state index in [0.29, 0.717) is 4.32 Å². The number of thiol groups is 1. The van der Waals surface area contributed by atoms with Crippen molar-refractivity contribution in [2.24, 2.45) is 0 Å². The second kappa shape index (κ2) is 3.77. The predicted molar refractivity (Wildman–Crippen MR) is 38.2 cm³/mol. The van der Waals surface area contributed by atoms with Gasteiger partial charge in [-0.25, -0.2) is 0 Å². The summed E-state index contributed by atoms with van der Waals surface area (Å²) in [7, 11) is 3.01. The van der Waals surface area contributed by atoms with Crippen LogP contribution in [0.25, 0.3) is 0 Å². The van der Waals surface area contributed by atoms with Crippen LogP contribution in [0.2, 0.25) is 0 Å². The van der Waals surface area contributed by atoms with Crippen molar-refractivity contribution in [3.05, 3.63) is 0 Å². The molecule has 0 saturated heterocycles. The summed E-state index contributed by atoms with van der Waals surface area (Å²) in [4.78, 5) is 0. The summed E-state index contributed by atoms with van der Waals surface area (Å²) >= 11 is 8.44. The molecule has 0 aromatic rings. The van der Waals surface area contributed by atoms with E-state index in [1.54, 1.807) is 7.05 Å². The molecule has 0 heterocycles. The molecular weight excluding hydrogens is 134 g/mol. The Labute approximate surface area is 51.7 Å². The fourth-order valence-corrected chi connectivity index (χ4v) is 0.411. The Kier molecular flexibility index (Phi) is 4.14. The number of hydrogen-bond donors (Lipinski definition) is 2. The molecule has 0 aromatic carbocycles. The standard InChI is InChI=1S/C2H5NS3/c1-3-2(4)6-5/h5H,1H3,(H,3,4). The third-order valence-corrected chi connectivity index (χ3v) is 2.03. The van der Waals surface area contributed by atoms with E-state index in [1.165, 1.54) is 10.8 Å². The lowest BCUT2D eigenvalue weighted by atomic mass is 11.2. The Bertz CT molecular complexity index is 46.8. The molecule has 0 atom stereocenters. The van der Waals surface area contributed by atoms with Gasteiger partial charge in [-0.15, -0.1) is 11.7 Å². The molecule has 0 saturated carbocycles. The molecule has 0 rings (SSSR count). The summed E-state index contributed by atoms with van der Waals surface area (Å²) in [5.74, 6) is 0. The summed E-state index contributed by atoms with van der Waals surface area (Å²) in [6.45, 7) is 0. The van der Waals surface area contributed by atoms with Gasteiger partial charge in [-0.2, -0.15) is 0 Å². The maximum atomic E-state index is 4.63. The van der Waals surface area contributed by atoms with E-state index in [1.807, 2.05) is 0 Å². The molecule has 0 radical (unpaired) electrons. The van der Waals surface area contributed by atoms with Crippen LogP contribution in [-0.2, 0) is 0 Å². The number of hydrogen-bond acceptors (Lipinski definition) is 3. The van der Waals surface area contributed by atoms with E-state index in [2.05, 4.69) is 29.2 Å². The Balaban J connectivity index is 2.99. The molecular formula is C2H5NS3. The molecule has 4 heteroatoms. The molecule has 0 aliphatic carbocycles. The molecule has 0 spiro atoms. The van der Waals surface area contributed by atoms with Gasteiger partial charge in [0.15, 0.2) is 0 Å². The largest absolute Gasteiger partial charge is 0.373 e. The lowest BCUT2D eigenvalue weighted by Gasteiger charge is -1.90. The van der Waals surface area contributed by atoms with Crippen LogP contribution in [0.15, 0.2) is 0 Å². The fraction of sp³-hybridized carbons (Fsp3) is 0.500. The van der Waals surface area contributed by atoms with E-state index in [4.69, 9.17) is 0 Å². The van der Waals surface area contributed by atoms with Crippen molar-refractivity contribution in [1.29, 1.82) is 0 Å². The molecule has 0 amide bonds. The monoisotopic (exact) mass is 139 g/mol. The molecule has 0 unspecified atom stereocenters. The van der Waals surface area contributed by atoms with Gasteiger partial charge in [0.1, 0.15) is 4.32 Å². The van der Waals surface area contributed by atoms with E-state index in [0.717, 1.165) is 0 Å². The van der Waals surface area contributed by atoms with E-state index in [9.17, 15) is 0 Å². The highest BCUT2D eigenvalue weighted by Gasteiger charge is 1.80. The highest BCUT2D eigenvalue weighted by molar-refractivity contribution is 8.76. The van der Waals surface area contributed by atoms with Crippen LogP contribution in [0, 0.1) is 0 Å². The number of thiocarbonyl (C=S) groups is 1. The van der Waals surface area contributed by atoms with Gasteiger partial charge in [0.25, 0.3) is 0 Å². The topological polar surface area (TPSA) is 12.0 Å². The zero-order valence-electron chi connectivity index (χ0n) is 3.26. The quantitative estimate of drug-likeness (QED) is 0.296. The zero-order valence-corrected chi connectivity index (χ0v) is 5.79. The highest BCUT2D eigenvalue weighted by atomic mass is 33.1. The Morgan fingerprint density at radius 3 is 2.50 bits per heavy atom. The molecule has 1 nitrogen and oxygen atoms in total. The molecule has 0 fully saturated rings. The van der Waals surface area contributed by atoms with Crippen LogP contribution in [0.5, 0.6) is 0 Å². The van der Waals surface area contributed by atoms with E-state index < -0.39 is 0 Å². The van der Waals surface area contributed by atoms with Gasteiger partial charge in [-0.05, 0) is 10.8 Å². The van der Waals surface area contributed by atoms with Crippen LogP contribution < -0.4 is 5.32 Å². The molecule has 0 aliphatic heterocycles. The summed E-state index contributed by atoms with van der Waals surface area (Å²) < 4.78 is 0.707. The Hall–Kier alpha value is 0.590. The first-order valence-electron chi connectivity index (χ1n) is 1.34. The second-order valence-corrected chi connectivity index (χ2v) is 2.43. The van der Waals surface area contributed by atoms with Gasteiger partial charge in [-0.1, -0.05) is 12.2 Å². The third-order valence-electron chi connectivity index (χ3n) is 0.287. The van der Waals surface area contributed by atoms with Crippen molar-refractivity contribution < 1.29 is 0 Å². The zero-order chi connectivity index (χ0) is 4.99. The highest BCUT2D eigenvalue weighted by Crippen LogP contribution is 2.03. The maximum absolute atomic E-state index is 4.63. The first-order valence-corrected chi connectivity index (χ1v) is 3.62. The van der Waals surface area contributed by atoms with Gasteiger partial charge >= 0.3 is 0 Å². The Morgan fingerprint density at radius 2 is 2.50 bits per heavy atom. The molecule has 1 N–H and O–H groups in total. The van der Waals surface area contributed by atoms with E-state index >= 15 is 0 Å². The lowest BCUT2D eigenvalue weighted by molar-refractivity contribution is 1.23. The fourth-order valence-electron chi connectivity index (χ4n) is 0.0456. The number of rotatable bonds is 0. The van der Waals surface area contributed by atoms with Crippen LogP contribution in [-0.4, -0.2) is 11.4 Å². The lowest BCUT2D eigenvalue weighted by Crippen LogP contribution is -2.08. The van der Waals surface area contributed by atoms with Gasteiger partial charge in [0.2, 0.25) is 0 Å². The van der Waals surface area contributed by atoms with Crippen LogP contribution >= 0.6 is 34.7 Å². The van der Waals surface area contributed by atoms with Gasteiger partial charge < -0.3 is 5.32 Å². The van der Waals surface area contributed by atoms with Crippen molar-refractivity contribution >= 4 is 39.0 Å². The number of nitrogens with one attached hydrogen (secondary N) is 1. The molecule has 0 aromatic heterocycles. The van der Waals surface area contributed by atoms with Gasteiger partial charge in [-0.3, -0.25) is 0 Å². The Morgan fingerprint density at radius 1 is 2.00 bits per heavy atom. The van der Waals surface area contributed by atoms with Crippen molar-refractivity contribution in [1.82, 2.24) is 5.32 Å². The maximum Gasteiger partial charge on any atom is 0.143 e. The van der Waals surface area contributed by atoms with Gasteiger partial charge in [0.05, 0.1) is 0 Å². The average molecular weight is 139 g/mol. The summed E-state index contributed by atoms with van der Waals surface area (Å²) in [6.07, 6.45) is 0. The first kappa shape index (κ1) is 6.59. The molecule has 36 valence electrons. The van der Waals surface area contributed by atoms with Crippen LogP contribution in [0.3, 0.4) is 0 Å². The molecule has 0 bridgehead atoms. The van der Waals surface area contributed by atoms with Crippen molar-refractivity contribution in [2.75, 3.05) is 7.05 Å². The van der Waals surface area contributed by atoms with Crippen LogP contribution in [0.1, 0.15) is 0 Å². The molecule has 0 aliphatic rings. The second-order valence-electron chi connectivity index (χ2n) is 0.629. The predicted octanol–water partition coefficient (Wildman–Crippen LogP) is 1.07. The minimum absolute atomic E-state index is 0.707. The smallest absolute Gasteiger partial charge is 0.143 e. The van der Waals surface area contributed by atoms with Crippen molar-refractivity contribution in [3.8, 4) is 0 Å².